The van der Waals surface area contributed by atoms with Crippen molar-refractivity contribution in [2.45, 2.75) is 31.5 Å². The van der Waals surface area contributed by atoms with Gasteiger partial charge in [0.15, 0.2) is 0 Å². The Balaban J connectivity index is 0.000000360. The van der Waals surface area contributed by atoms with Crippen LogP contribution in [-0.2, 0) is 16.0 Å². The van der Waals surface area contributed by atoms with Crippen molar-refractivity contribution in [3.8, 4) is 10.6 Å². The smallest absolute Gasteiger partial charge is 0.475 e. The van der Waals surface area contributed by atoms with Crippen LogP contribution in [0.4, 0.5) is 18.2 Å². The molecule has 4 rings (SSSR count). The van der Waals surface area contributed by atoms with E-state index < -0.39 is 12.1 Å². The van der Waals surface area contributed by atoms with E-state index >= 15 is 0 Å². The molecule has 1 saturated carbocycles. The largest absolute Gasteiger partial charge is 0.490 e. The average Bonchev–Trinajstić information content (AvgIpc) is 3.08. The fourth-order valence-electron chi connectivity index (χ4n) is 3.19. The second-order valence-electron chi connectivity index (χ2n) is 8.00. The van der Waals surface area contributed by atoms with E-state index in [2.05, 4.69) is 31.9 Å². The van der Waals surface area contributed by atoms with Crippen molar-refractivity contribution < 1.29 is 27.9 Å². The van der Waals surface area contributed by atoms with Gasteiger partial charge in [-0.15, -0.1) is 0 Å². The van der Waals surface area contributed by atoms with Gasteiger partial charge in [-0.2, -0.15) is 24.5 Å². The number of amides is 1. The summed E-state index contributed by atoms with van der Waals surface area (Å²) in [5.41, 5.74) is 2.29. The van der Waals surface area contributed by atoms with Crippen LogP contribution in [0.25, 0.3) is 10.6 Å². The third kappa shape index (κ3) is 6.42. The first kappa shape index (κ1) is 24.5. The summed E-state index contributed by atoms with van der Waals surface area (Å²) in [6.07, 6.45) is -1.77. The Kier molecular flexibility index (Phi) is 7.78. The number of thiophene rings is 1. The Morgan fingerprint density at radius 3 is 2.56 bits per heavy atom. The quantitative estimate of drug-likeness (QED) is 0.620. The minimum atomic E-state index is -5.08. The van der Waals surface area contributed by atoms with Crippen LogP contribution in [0.5, 0.6) is 0 Å². The summed E-state index contributed by atoms with van der Waals surface area (Å²) < 4.78 is 31.7. The molecule has 0 saturated heterocycles. The van der Waals surface area contributed by atoms with Gasteiger partial charge >= 0.3 is 12.1 Å². The summed E-state index contributed by atoms with van der Waals surface area (Å²) in [6, 6.07) is 2.03. The lowest BCUT2D eigenvalue weighted by Crippen LogP contribution is -2.47. The lowest BCUT2D eigenvalue weighted by molar-refractivity contribution is -0.192. The summed E-state index contributed by atoms with van der Waals surface area (Å²) in [6.45, 7) is 2.55. The van der Waals surface area contributed by atoms with E-state index in [0.717, 1.165) is 36.1 Å². The molecule has 0 spiro atoms. The number of carboxylic acid groups (broad SMARTS) is 1. The van der Waals surface area contributed by atoms with Crippen molar-refractivity contribution in [2.24, 2.45) is 5.92 Å². The molecular weight excluding hydrogens is 465 g/mol. The van der Waals surface area contributed by atoms with Gasteiger partial charge in [0.05, 0.1) is 5.69 Å². The van der Waals surface area contributed by atoms with Crippen molar-refractivity contribution in [2.75, 3.05) is 38.6 Å². The fraction of sp³-hybridized carbons (Fsp3) is 0.550. The third-order valence-electron chi connectivity index (χ3n) is 5.02. The Morgan fingerprint density at radius 1 is 1.34 bits per heavy atom. The third-order valence-corrected chi connectivity index (χ3v) is 6.89. The van der Waals surface area contributed by atoms with E-state index in [9.17, 15) is 18.0 Å². The summed E-state index contributed by atoms with van der Waals surface area (Å²) in [7, 11) is 4.04. The van der Waals surface area contributed by atoms with Crippen LogP contribution >= 0.6 is 22.7 Å². The van der Waals surface area contributed by atoms with E-state index in [-0.39, 0.29) is 11.9 Å². The van der Waals surface area contributed by atoms with Crippen LogP contribution in [0, 0.1) is 5.92 Å². The standard InChI is InChI=1S/C18H24N4OS2.C2HF3O2/c1-21(2)7-6-19-16(23)15-9-14-18(22(15)10-12-3-4-12)25-17(20-14)13-5-8-24-11-13;3-2(4,5)1(6)7/h5,8,11-12,15H,3-4,6-7,9-10H2,1-2H3,(H,19,23);(H,6,7). The zero-order chi connectivity index (χ0) is 23.5. The minimum absolute atomic E-state index is 0.0898. The number of carboxylic acids is 1. The highest BCUT2D eigenvalue weighted by molar-refractivity contribution is 7.19. The number of alkyl halides is 3. The summed E-state index contributed by atoms with van der Waals surface area (Å²) in [5.74, 6) is -1.87. The van der Waals surface area contributed by atoms with E-state index in [1.54, 1.807) is 22.7 Å². The van der Waals surface area contributed by atoms with Gasteiger partial charge in [-0.05, 0) is 44.3 Å². The molecule has 3 heterocycles. The monoisotopic (exact) mass is 490 g/mol. The van der Waals surface area contributed by atoms with Gasteiger partial charge in [0.1, 0.15) is 16.1 Å². The molecule has 0 radical (unpaired) electrons. The molecule has 1 amide bonds. The number of anilines is 1. The van der Waals surface area contributed by atoms with Gasteiger partial charge in [-0.25, -0.2) is 9.78 Å². The maximum atomic E-state index is 12.7. The number of aliphatic carboxylic acids is 1. The van der Waals surface area contributed by atoms with Crippen molar-refractivity contribution in [3.63, 3.8) is 0 Å². The average molecular weight is 491 g/mol. The van der Waals surface area contributed by atoms with Gasteiger partial charge in [-0.1, -0.05) is 11.3 Å². The molecule has 176 valence electrons. The van der Waals surface area contributed by atoms with E-state index in [0.29, 0.717) is 6.54 Å². The van der Waals surface area contributed by atoms with Gasteiger partial charge < -0.3 is 20.2 Å². The molecule has 2 aromatic heterocycles. The van der Waals surface area contributed by atoms with Gasteiger partial charge in [0.2, 0.25) is 5.91 Å². The summed E-state index contributed by atoms with van der Waals surface area (Å²) >= 11 is 3.44. The van der Waals surface area contributed by atoms with Crippen molar-refractivity contribution in [1.29, 1.82) is 0 Å². The number of fused-ring (bicyclic) bond motifs is 1. The molecule has 2 N–H and O–H groups in total. The molecule has 0 bridgehead atoms. The highest BCUT2D eigenvalue weighted by atomic mass is 32.1. The van der Waals surface area contributed by atoms with Crippen molar-refractivity contribution in [1.82, 2.24) is 15.2 Å². The molecule has 1 fully saturated rings. The number of nitrogens with zero attached hydrogens (tertiary/aromatic N) is 3. The van der Waals surface area contributed by atoms with E-state index in [4.69, 9.17) is 14.9 Å². The molecule has 1 aliphatic heterocycles. The summed E-state index contributed by atoms with van der Waals surface area (Å²) in [5, 5.41) is 16.8. The second-order valence-corrected chi connectivity index (χ2v) is 9.75. The molecule has 2 aromatic rings. The Hall–Kier alpha value is -2.18. The number of hydrogen-bond acceptors (Lipinski definition) is 7. The van der Waals surface area contributed by atoms with Gasteiger partial charge in [-0.3, -0.25) is 4.79 Å². The van der Waals surface area contributed by atoms with Gasteiger partial charge in [0.25, 0.3) is 0 Å². The molecule has 12 heteroatoms. The van der Waals surface area contributed by atoms with Crippen LogP contribution < -0.4 is 10.2 Å². The second kappa shape index (κ2) is 10.2. The van der Waals surface area contributed by atoms with E-state index in [1.807, 2.05) is 14.1 Å². The Bertz CT molecular complexity index is 927. The predicted octanol–water partition coefficient (Wildman–Crippen LogP) is 3.32. The van der Waals surface area contributed by atoms with Crippen molar-refractivity contribution >= 4 is 39.6 Å². The fourth-order valence-corrected chi connectivity index (χ4v) is 5.05. The van der Waals surface area contributed by atoms with Crippen LogP contribution in [0.1, 0.15) is 18.5 Å². The minimum Gasteiger partial charge on any atom is -0.475 e. The normalized spacial score (nSPS) is 17.7. The number of aromatic nitrogens is 1. The molecule has 7 nitrogen and oxygen atoms in total. The number of hydrogen-bond donors (Lipinski definition) is 2. The van der Waals surface area contributed by atoms with Crippen LogP contribution in [0.15, 0.2) is 16.8 Å². The zero-order valence-electron chi connectivity index (χ0n) is 17.7. The Morgan fingerprint density at radius 2 is 2.03 bits per heavy atom. The molecule has 1 aliphatic carbocycles. The van der Waals surface area contributed by atoms with Crippen molar-refractivity contribution in [3.05, 3.63) is 22.5 Å². The van der Waals surface area contributed by atoms with Gasteiger partial charge in [0, 0.05) is 37.0 Å². The molecule has 1 unspecified atom stereocenters. The molecule has 1 atom stereocenters. The maximum absolute atomic E-state index is 12.7. The number of halogens is 3. The number of likely N-dealkylation sites (N-methyl/N-ethyl adjacent to an activating group) is 1. The number of carbonyl (C=O) groups excluding carboxylic acids is 1. The zero-order valence-corrected chi connectivity index (χ0v) is 19.3. The first-order valence-corrected chi connectivity index (χ1v) is 11.8. The molecule has 2 aliphatic rings. The Labute approximate surface area is 191 Å². The van der Waals surface area contributed by atoms with Crippen LogP contribution in [-0.4, -0.2) is 72.8 Å². The highest BCUT2D eigenvalue weighted by Gasteiger charge is 2.40. The molecular formula is C20H25F3N4O3S2. The maximum Gasteiger partial charge on any atom is 0.490 e. The molecule has 32 heavy (non-hydrogen) atoms. The highest BCUT2D eigenvalue weighted by Crippen LogP contribution is 2.43. The topological polar surface area (TPSA) is 85.8 Å². The lowest BCUT2D eigenvalue weighted by atomic mass is 10.2. The number of thiazole rings is 1. The number of nitrogens with one attached hydrogen (secondary N) is 1. The number of rotatable bonds is 7. The van der Waals surface area contributed by atoms with Crippen LogP contribution in [0.2, 0.25) is 0 Å². The van der Waals surface area contributed by atoms with Crippen LogP contribution in [0.3, 0.4) is 0 Å². The lowest BCUT2D eigenvalue weighted by Gasteiger charge is -2.26. The van der Waals surface area contributed by atoms with E-state index in [1.165, 1.54) is 23.4 Å². The summed E-state index contributed by atoms with van der Waals surface area (Å²) in [4.78, 5) is 30.9. The number of carbonyl (C=O) groups is 2. The molecule has 0 aromatic carbocycles. The predicted molar refractivity (Wildman–Crippen MR) is 118 cm³/mol. The first-order valence-electron chi connectivity index (χ1n) is 10.1. The first-order chi connectivity index (χ1) is 15.1. The SMILES string of the molecule is CN(C)CCNC(=O)C1Cc2nc(-c3ccsc3)sc2N1CC1CC1.O=C(O)C(F)(F)F.